The Kier molecular flexibility index (Phi) is 15.4. The van der Waals surface area contributed by atoms with Crippen LogP contribution in [0.3, 0.4) is 0 Å². The molecule has 0 bridgehead atoms. The SMILES string of the molecule is CCOC(=O)c1nnc2n1CCN(C(=O)OC(C)(C)C)CC2.CCOC(=O)c1nnc2n1CCNCC2.[Y].[Y]. The van der Waals surface area contributed by atoms with Crippen LogP contribution in [0.4, 0.5) is 4.79 Å². The molecule has 4 rings (SSSR count). The molecule has 1 N–H and O–H groups in total. The number of rotatable bonds is 4. The van der Waals surface area contributed by atoms with E-state index in [-0.39, 0.29) is 83.9 Å². The smallest absolute Gasteiger partial charge is 0.410 e. The molecule has 210 valence electrons. The predicted octanol–water partition coefficient (Wildman–Crippen LogP) is 0.844. The summed E-state index contributed by atoms with van der Waals surface area (Å²) in [6.07, 6.45) is 0.960. The Hall–Kier alpha value is -1.34. The molecule has 2 radical (unpaired) electrons. The molecule has 39 heavy (non-hydrogen) atoms. The molecule has 0 spiro atoms. The van der Waals surface area contributed by atoms with Gasteiger partial charge in [0, 0.05) is 118 Å². The maximum Gasteiger partial charge on any atom is 0.410 e. The maximum atomic E-state index is 12.1. The van der Waals surface area contributed by atoms with E-state index >= 15 is 0 Å². The monoisotopic (exact) mass is 698 g/mol. The van der Waals surface area contributed by atoms with E-state index in [9.17, 15) is 14.4 Å². The minimum absolute atomic E-state index is 0. The summed E-state index contributed by atoms with van der Waals surface area (Å²) in [6.45, 7) is 13.4. The molecular formula is C23H36N8O6Y2. The number of nitrogens with one attached hydrogen (secondary N) is 1. The number of carbonyl (C=O) groups is 3. The van der Waals surface area contributed by atoms with Crippen LogP contribution in [0.25, 0.3) is 0 Å². The Balaban J connectivity index is 0.000000394. The summed E-state index contributed by atoms with van der Waals surface area (Å²) in [5, 5.41) is 19.0. The minimum atomic E-state index is -0.533. The van der Waals surface area contributed by atoms with Crippen molar-refractivity contribution in [1.82, 2.24) is 39.7 Å². The summed E-state index contributed by atoms with van der Waals surface area (Å²) in [7, 11) is 0. The van der Waals surface area contributed by atoms with Gasteiger partial charge in [-0.2, -0.15) is 0 Å². The second kappa shape index (κ2) is 16.8. The zero-order valence-electron chi connectivity index (χ0n) is 23.3. The molecule has 16 heteroatoms. The van der Waals surface area contributed by atoms with Crippen LogP contribution in [0, 0.1) is 0 Å². The summed E-state index contributed by atoms with van der Waals surface area (Å²) in [6, 6.07) is 0. The van der Waals surface area contributed by atoms with E-state index in [0.717, 1.165) is 31.9 Å². The zero-order chi connectivity index (χ0) is 27.0. The molecule has 0 fully saturated rings. The quantitative estimate of drug-likeness (QED) is 0.357. The number of ether oxygens (including phenoxy) is 3. The van der Waals surface area contributed by atoms with E-state index < -0.39 is 17.5 Å². The minimum Gasteiger partial charge on any atom is -0.460 e. The summed E-state index contributed by atoms with van der Waals surface area (Å²) >= 11 is 0. The van der Waals surface area contributed by atoms with Gasteiger partial charge in [-0.15, -0.1) is 20.4 Å². The Morgan fingerprint density at radius 2 is 1.31 bits per heavy atom. The van der Waals surface area contributed by atoms with Gasteiger partial charge in [0.05, 0.1) is 13.2 Å². The van der Waals surface area contributed by atoms with Gasteiger partial charge >= 0.3 is 18.0 Å². The molecule has 0 unspecified atom stereocenters. The van der Waals surface area contributed by atoms with Gasteiger partial charge < -0.3 is 33.6 Å². The van der Waals surface area contributed by atoms with Gasteiger partial charge in [-0.3, -0.25) is 0 Å². The van der Waals surface area contributed by atoms with E-state index in [1.165, 1.54) is 0 Å². The average Bonchev–Trinajstić information content (AvgIpc) is 3.26. The fourth-order valence-electron chi connectivity index (χ4n) is 3.80. The summed E-state index contributed by atoms with van der Waals surface area (Å²) in [4.78, 5) is 37.1. The second-order valence-corrected chi connectivity index (χ2v) is 9.34. The molecular weight excluding hydrogens is 662 g/mol. The van der Waals surface area contributed by atoms with Gasteiger partial charge in [0.1, 0.15) is 17.2 Å². The molecule has 1 amide bonds. The van der Waals surface area contributed by atoms with Crippen molar-refractivity contribution >= 4 is 18.0 Å². The Labute approximate surface area is 278 Å². The maximum absolute atomic E-state index is 12.1. The van der Waals surface area contributed by atoms with Crippen molar-refractivity contribution in [2.75, 3.05) is 39.4 Å². The van der Waals surface area contributed by atoms with Gasteiger partial charge in [-0.25, -0.2) is 14.4 Å². The van der Waals surface area contributed by atoms with Crippen molar-refractivity contribution in [2.45, 2.75) is 66.2 Å². The van der Waals surface area contributed by atoms with Gasteiger partial charge in [0.2, 0.25) is 11.6 Å². The van der Waals surface area contributed by atoms with Crippen molar-refractivity contribution < 1.29 is 94.0 Å². The van der Waals surface area contributed by atoms with Crippen molar-refractivity contribution in [3.63, 3.8) is 0 Å². The molecule has 2 aliphatic heterocycles. The molecule has 14 nitrogen and oxygen atoms in total. The largest absolute Gasteiger partial charge is 0.460 e. The Morgan fingerprint density at radius 3 is 1.85 bits per heavy atom. The summed E-state index contributed by atoms with van der Waals surface area (Å²) < 4.78 is 18.8. The van der Waals surface area contributed by atoms with Gasteiger partial charge in [-0.05, 0) is 34.6 Å². The topological polar surface area (TPSA) is 156 Å². The fourth-order valence-corrected chi connectivity index (χ4v) is 3.80. The number of fused-ring (bicyclic) bond motifs is 2. The van der Waals surface area contributed by atoms with Gasteiger partial charge in [0.25, 0.3) is 0 Å². The number of aromatic nitrogens is 6. The van der Waals surface area contributed by atoms with Crippen LogP contribution in [-0.4, -0.2) is 97.5 Å². The first kappa shape index (κ1) is 35.7. The summed E-state index contributed by atoms with van der Waals surface area (Å²) in [5.74, 6) is 1.14. The Morgan fingerprint density at radius 1 is 0.769 bits per heavy atom. The van der Waals surface area contributed by atoms with Crippen molar-refractivity contribution in [3.8, 4) is 0 Å². The van der Waals surface area contributed by atoms with E-state index in [0.29, 0.717) is 44.3 Å². The molecule has 2 aromatic heterocycles. The number of hydrogen-bond acceptors (Lipinski definition) is 11. The fraction of sp³-hybridized carbons (Fsp3) is 0.696. The first-order chi connectivity index (χ1) is 17.6. The molecule has 4 heterocycles. The molecule has 0 saturated heterocycles. The van der Waals surface area contributed by atoms with Crippen molar-refractivity contribution in [1.29, 1.82) is 0 Å². The third-order valence-corrected chi connectivity index (χ3v) is 5.46. The first-order valence-corrected chi connectivity index (χ1v) is 12.5. The van der Waals surface area contributed by atoms with E-state index in [1.807, 2.05) is 25.3 Å². The van der Waals surface area contributed by atoms with Crippen LogP contribution in [0.5, 0.6) is 0 Å². The van der Waals surface area contributed by atoms with Crippen LogP contribution in [0.15, 0.2) is 0 Å². The Bertz CT molecular complexity index is 1100. The number of nitrogens with zero attached hydrogens (tertiary/aromatic N) is 7. The molecule has 0 atom stereocenters. The third kappa shape index (κ3) is 10.2. The molecule has 2 aliphatic rings. The third-order valence-electron chi connectivity index (χ3n) is 5.46. The van der Waals surface area contributed by atoms with Crippen LogP contribution < -0.4 is 5.32 Å². The van der Waals surface area contributed by atoms with Crippen molar-refractivity contribution in [3.05, 3.63) is 23.3 Å². The average molecular weight is 698 g/mol. The van der Waals surface area contributed by atoms with Crippen LogP contribution in [0.2, 0.25) is 0 Å². The number of amides is 1. The first-order valence-electron chi connectivity index (χ1n) is 12.5. The van der Waals surface area contributed by atoms with Crippen LogP contribution in [-0.2, 0) is 106 Å². The van der Waals surface area contributed by atoms with Gasteiger partial charge in [-0.1, -0.05) is 0 Å². The number of esters is 2. The van der Waals surface area contributed by atoms with Gasteiger partial charge in [0.15, 0.2) is 0 Å². The number of carbonyl (C=O) groups excluding carboxylic acids is 3. The van der Waals surface area contributed by atoms with Crippen molar-refractivity contribution in [2.24, 2.45) is 0 Å². The second-order valence-electron chi connectivity index (χ2n) is 9.34. The van der Waals surface area contributed by atoms with E-state index in [4.69, 9.17) is 14.2 Å². The zero-order valence-corrected chi connectivity index (χ0v) is 29.0. The number of hydrogen-bond donors (Lipinski definition) is 1. The standard InChI is InChI=1S/C14H22N4O4.C9H14N4O2.2Y/c1-5-21-12(19)11-16-15-10-6-7-17(8-9-18(10)11)13(20)22-14(2,3)4;1-2-15-9(14)8-12-11-7-3-4-10-5-6-13(7)8;;/h5-9H2,1-4H3;10H,2-6H2,1H3;;. The predicted molar refractivity (Wildman–Crippen MR) is 130 cm³/mol. The van der Waals surface area contributed by atoms with Crippen LogP contribution >= 0.6 is 0 Å². The molecule has 2 aromatic rings. The normalized spacial score (nSPS) is 14.4. The molecule has 0 aromatic carbocycles. The van der Waals surface area contributed by atoms with E-state index in [2.05, 4.69) is 25.7 Å². The molecule has 0 aliphatic carbocycles. The summed E-state index contributed by atoms with van der Waals surface area (Å²) in [5.41, 5.74) is -0.533. The molecule has 0 saturated carbocycles. The van der Waals surface area contributed by atoms with E-state index in [1.54, 1.807) is 23.3 Å². The van der Waals surface area contributed by atoms with Crippen LogP contribution in [0.1, 0.15) is 67.5 Å².